The maximum Gasteiger partial charge on any atom is 0.331 e. The van der Waals surface area contributed by atoms with Crippen LogP contribution in [0.15, 0.2) is 30.3 Å². The first-order chi connectivity index (χ1) is 14.3. The SMILES string of the molecule is Cc1ccc(OCCNC(=O)COC(=O)/C=C/c2cc(C)n(C3CC3)c2C)c(C)c1. The number of esters is 1. The van der Waals surface area contributed by atoms with E-state index in [1.165, 1.54) is 30.2 Å². The topological polar surface area (TPSA) is 69.6 Å². The number of benzene rings is 1. The average Bonchev–Trinajstić information content (AvgIpc) is 3.48. The first-order valence-electron chi connectivity index (χ1n) is 10.3. The van der Waals surface area contributed by atoms with E-state index in [-0.39, 0.29) is 12.5 Å². The number of aryl methyl sites for hydroxylation is 3. The minimum atomic E-state index is -0.534. The Morgan fingerprint density at radius 1 is 1.17 bits per heavy atom. The molecule has 160 valence electrons. The second-order valence-corrected chi connectivity index (χ2v) is 7.84. The van der Waals surface area contributed by atoms with Crippen molar-refractivity contribution in [3.63, 3.8) is 0 Å². The fraction of sp³-hybridized carbons (Fsp3) is 0.417. The van der Waals surface area contributed by atoms with Crippen molar-refractivity contribution in [1.29, 1.82) is 0 Å². The standard InChI is InChI=1S/C24H30N2O4/c1-16-5-9-22(17(2)13-16)29-12-11-25-23(27)15-30-24(28)10-6-20-14-18(3)26(19(20)4)21-7-8-21/h5-6,9-10,13-14,21H,7-8,11-12,15H2,1-4H3,(H,25,27)/b10-6+. The molecule has 0 bridgehead atoms. The van der Waals surface area contributed by atoms with Gasteiger partial charge in [0.15, 0.2) is 6.61 Å². The van der Waals surface area contributed by atoms with E-state index in [2.05, 4.69) is 29.8 Å². The lowest BCUT2D eigenvalue weighted by Crippen LogP contribution is -2.32. The summed E-state index contributed by atoms with van der Waals surface area (Å²) in [6.45, 7) is 8.53. The minimum absolute atomic E-state index is 0.312. The zero-order chi connectivity index (χ0) is 21.7. The lowest BCUT2D eigenvalue weighted by atomic mass is 10.1. The van der Waals surface area contributed by atoms with Crippen LogP contribution in [0.4, 0.5) is 0 Å². The number of amides is 1. The number of carbonyl (C=O) groups excluding carboxylic acids is 2. The zero-order valence-corrected chi connectivity index (χ0v) is 18.2. The molecule has 0 spiro atoms. The number of carbonyl (C=O) groups is 2. The predicted octanol–water partition coefficient (Wildman–Crippen LogP) is 3.81. The van der Waals surface area contributed by atoms with Crippen LogP contribution in [-0.2, 0) is 14.3 Å². The van der Waals surface area contributed by atoms with Crippen LogP contribution in [0, 0.1) is 27.7 Å². The zero-order valence-electron chi connectivity index (χ0n) is 18.2. The van der Waals surface area contributed by atoms with E-state index in [0.29, 0.717) is 19.2 Å². The Kier molecular flexibility index (Phi) is 6.98. The van der Waals surface area contributed by atoms with E-state index in [0.717, 1.165) is 22.6 Å². The van der Waals surface area contributed by atoms with Gasteiger partial charge in [0, 0.05) is 23.5 Å². The van der Waals surface area contributed by atoms with E-state index in [1.807, 2.05) is 32.0 Å². The molecule has 3 rings (SSSR count). The third-order valence-electron chi connectivity index (χ3n) is 5.19. The van der Waals surface area contributed by atoms with Crippen molar-refractivity contribution in [3.8, 4) is 5.75 Å². The van der Waals surface area contributed by atoms with Crippen molar-refractivity contribution < 1.29 is 19.1 Å². The summed E-state index contributed by atoms with van der Waals surface area (Å²) in [5.41, 5.74) is 5.59. The van der Waals surface area contributed by atoms with Crippen LogP contribution in [0.3, 0.4) is 0 Å². The smallest absolute Gasteiger partial charge is 0.331 e. The Morgan fingerprint density at radius 2 is 1.93 bits per heavy atom. The third kappa shape index (κ3) is 5.75. The van der Waals surface area contributed by atoms with Crippen LogP contribution in [0.5, 0.6) is 5.75 Å². The Morgan fingerprint density at radius 3 is 2.63 bits per heavy atom. The minimum Gasteiger partial charge on any atom is -0.491 e. The van der Waals surface area contributed by atoms with Crippen molar-refractivity contribution in [3.05, 3.63) is 58.4 Å². The highest BCUT2D eigenvalue weighted by Crippen LogP contribution is 2.38. The Labute approximate surface area is 177 Å². The highest BCUT2D eigenvalue weighted by molar-refractivity contribution is 5.89. The van der Waals surface area contributed by atoms with Gasteiger partial charge in [-0.15, -0.1) is 0 Å². The van der Waals surface area contributed by atoms with Gasteiger partial charge in [0.2, 0.25) is 0 Å². The van der Waals surface area contributed by atoms with Crippen LogP contribution >= 0.6 is 0 Å². The molecule has 0 radical (unpaired) electrons. The molecule has 1 fully saturated rings. The van der Waals surface area contributed by atoms with E-state index in [4.69, 9.17) is 9.47 Å². The fourth-order valence-corrected chi connectivity index (χ4v) is 3.57. The van der Waals surface area contributed by atoms with Crippen LogP contribution in [0.25, 0.3) is 6.08 Å². The van der Waals surface area contributed by atoms with Crippen molar-refractivity contribution in [2.24, 2.45) is 0 Å². The molecule has 1 N–H and O–H groups in total. The molecule has 6 nitrogen and oxygen atoms in total. The van der Waals surface area contributed by atoms with Gasteiger partial charge in [0.05, 0.1) is 6.54 Å². The molecule has 0 saturated heterocycles. The van der Waals surface area contributed by atoms with Crippen LogP contribution in [0.2, 0.25) is 0 Å². The molecule has 1 aromatic carbocycles. The van der Waals surface area contributed by atoms with Gasteiger partial charge in [0.1, 0.15) is 12.4 Å². The maximum atomic E-state index is 11.9. The molecule has 1 amide bonds. The second kappa shape index (κ2) is 9.65. The molecular weight excluding hydrogens is 380 g/mol. The fourth-order valence-electron chi connectivity index (χ4n) is 3.57. The van der Waals surface area contributed by atoms with Gasteiger partial charge in [-0.25, -0.2) is 4.79 Å². The molecule has 2 aromatic rings. The lowest BCUT2D eigenvalue weighted by molar-refractivity contribution is -0.143. The number of nitrogens with zero attached hydrogens (tertiary/aromatic N) is 1. The number of nitrogens with one attached hydrogen (secondary N) is 1. The Balaban J connectivity index is 1.37. The normalized spacial score (nSPS) is 13.5. The summed E-state index contributed by atoms with van der Waals surface area (Å²) in [4.78, 5) is 23.8. The monoisotopic (exact) mass is 410 g/mol. The highest BCUT2D eigenvalue weighted by Gasteiger charge is 2.26. The highest BCUT2D eigenvalue weighted by atomic mass is 16.5. The van der Waals surface area contributed by atoms with Crippen molar-refractivity contribution in [2.75, 3.05) is 19.8 Å². The van der Waals surface area contributed by atoms with Gasteiger partial charge in [-0.1, -0.05) is 17.7 Å². The maximum absolute atomic E-state index is 11.9. The van der Waals surface area contributed by atoms with Crippen LogP contribution < -0.4 is 10.1 Å². The van der Waals surface area contributed by atoms with Gasteiger partial charge in [-0.3, -0.25) is 4.79 Å². The molecule has 1 aliphatic carbocycles. The first-order valence-corrected chi connectivity index (χ1v) is 10.3. The predicted molar refractivity (Wildman–Crippen MR) is 117 cm³/mol. The molecule has 1 heterocycles. The molecular formula is C24H30N2O4. The van der Waals surface area contributed by atoms with Gasteiger partial charge in [-0.2, -0.15) is 0 Å². The van der Waals surface area contributed by atoms with Gasteiger partial charge in [0.25, 0.3) is 5.91 Å². The lowest BCUT2D eigenvalue weighted by Gasteiger charge is -2.10. The molecule has 1 aliphatic rings. The van der Waals surface area contributed by atoms with Crippen molar-refractivity contribution in [2.45, 2.75) is 46.6 Å². The third-order valence-corrected chi connectivity index (χ3v) is 5.19. The number of hydrogen-bond acceptors (Lipinski definition) is 4. The van der Waals surface area contributed by atoms with E-state index >= 15 is 0 Å². The molecule has 30 heavy (non-hydrogen) atoms. The van der Waals surface area contributed by atoms with Crippen LogP contribution in [-0.4, -0.2) is 36.2 Å². The molecule has 6 heteroatoms. The largest absolute Gasteiger partial charge is 0.491 e. The summed E-state index contributed by atoms with van der Waals surface area (Å²) in [6.07, 6.45) is 5.55. The van der Waals surface area contributed by atoms with Gasteiger partial charge >= 0.3 is 5.97 Å². The summed E-state index contributed by atoms with van der Waals surface area (Å²) in [7, 11) is 0. The quantitative estimate of drug-likeness (QED) is 0.388. The Hall–Kier alpha value is -3.02. The molecule has 0 aliphatic heterocycles. The number of hydrogen-bond donors (Lipinski definition) is 1. The summed E-state index contributed by atoms with van der Waals surface area (Å²) in [6, 6.07) is 8.62. The molecule has 0 unspecified atom stereocenters. The van der Waals surface area contributed by atoms with E-state index in [9.17, 15) is 9.59 Å². The molecule has 0 atom stereocenters. The van der Waals surface area contributed by atoms with E-state index in [1.54, 1.807) is 6.08 Å². The molecule has 1 aromatic heterocycles. The van der Waals surface area contributed by atoms with Gasteiger partial charge in [-0.05, 0) is 69.9 Å². The summed E-state index contributed by atoms with van der Waals surface area (Å²) in [5, 5.41) is 2.68. The number of ether oxygens (including phenoxy) is 2. The summed E-state index contributed by atoms with van der Waals surface area (Å²) in [5.74, 6) is -0.0896. The average molecular weight is 411 g/mol. The van der Waals surface area contributed by atoms with Crippen molar-refractivity contribution >= 4 is 18.0 Å². The van der Waals surface area contributed by atoms with E-state index < -0.39 is 5.97 Å². The number of rotatable bonds is 9. The van der Waals surface area contributed by atoms with Crippen molar-refractivity contribution in [1.82, 2.24) is 9.88 Å². The number of aromatic nitrogens is 1. The van der Waals surface area contributed by atoms with Gasteiger partial charge < -0.3 is 19.4 Å². The first kappa shape index (κ1) is 21.7. The summed E-state index contributed by atoms with van der Waals surface area (Å²) < 4.78 is 13.0. The second-order valence-electron chi connectivity index (χ2n) is 7.84. The Bertz CT molecular complexity index is 954. The summed E-state index contributed by atoms with van der Waals surface area (Å²) >= 11 is 0. The van der Waals surface area contributed by atoms with Crippen LogP contribution in [0.1, 0.15) is 47.0 Å². The molecule has 1 saturated carbocycles.